The molecule has 1 aromatic carbocycles. The highest BCUT2D eigenvalue weighted by Gasteiger charge is 2.16. The number of carbonyl (C=O) groups excluding carboxylic acids is 1. The Morgan fingerprint density at radius 3 is 3.12 bits per heavy atom. The fourth-order valence-corrected chi connectivity index (χ4v) is 1.60. The molecule has 5 nitrogen and oxygen atoms in total. The maximum absolute atomic E-state index is 10.2. The highest BCUT2D eigenvalue weighted by molar-refractivity contribution is 5.75. The number of aromatic nitrogens is 2. The monoisotopic (exact) mass is 219 g/mol. The number of benzene rings is 1. The van der Waals surface area contributed by atoms with E-state index in [2.05, 4.69) is 9.97 Å². The molecule has 0 amide bonds. The minimum absolute atomic E-state index is 0.335. The van der Waals surface area contributed by atoms with E-state index in [1.807, 2.05) is 18.2 Å². The minimum atomic E-state index is -0.349. The molecule has 0 bridgehead atoms. The van der Waals surface area contributed by atoms with Crippen LogP contribution in [-0.4, -0.2) is 22.5 Å². The minimum Gasteiger partial charge on any atom is -0.463 e. The Hall–Kier alpha value is -1.88. The Balaban J connectivity index is 2.28. The lowest BCUT2D eigenvalue weighted by atomic mass is 10.0. The number of rotatable bonds is 4. The number of hydrogen-bond donors (Lipinski definition) is 2. The van der Waals surface area contributed by atoms with Crippen LogP contribution in [0.2, 0.25) is 0 Å². The molecule has 3 N–H and O–H groups in total. The molecule has 0 spiro atoms. The summed E-state index contributed by atoms with van der Waals surface area (Å²) in [5.41, 5.74) is 8.69. The van der Waals surface area contributed by atoms with Crippen LogP contribution < -0.4 is 5.73 Å². The average molecular weight is 219 g/mol. The molecule has 0 aliphatic heterocycles. The molecule has 2 atom stereocenters. The summed E-state index contributed by atoms with van der Waals surface area (Å²) in [7, 11) is 0. The summed E-state index contributed by atoms with van der Waals surface area (Å²) >= 11 is 0. The fourth-order valence-electron chi connectivity index (χ4n) is 1.60. The van der Waals surface area contributed by atoms with Crippen LogP contribution in [0.4, 0.5) is 0 Å². The first-order valence-corrected chi connectivity index (χ1v) is 5.00. The van der Waals surface area contributed by atoms with Crippen LogP contribution in [0.5, 0.6) is 0 Å². The van der Waals surface area contributed by atoms with Crippen LogP contribution in [0.25, 0.3) is 11.0 Å². The van der Waals surface area contributed by atoms with E-state index in [4.69, 9.17) is 10.5 Å². The van der Waals surface area contributed by atoms with Gasteiger partial charge in [-0.15, -0.1) is 0 Å². The number of nitrogens with zero attached hydrogens (tertiary/aromatic N) is 1. The van der Waals surface area contributed by atoms with Crippen molar-refractivity contribution in [1.29, 1.82) is 0 Å². The zero-order valence-corrected chi connectivity index (χ0v) is 8.88. The number of ether oxygens (including phenoxy) is 1. The standard InChI is InChI=1S/C11H13N3O2/c1-7(16-6-15)11(12)8-2-3-9-10(4-8)14-5-13-9/h2-7,11H,12H2,1H3,(H,13,14). The van der Waals surface area contributed by atoms with E-state index in [0.29, 0.717) is 6.47 Å². The van der Waals surface area contributed by atoms with Crippen molar-refractivity contribution in [2.45, 2.75) is 19.1 Å². The highest BCUT2D eigenvalue weighted by Crippen LogP contribution is 2.19. The van der Waals surface area contributed by atoms with Gasteiger partial charge in [0.15, 0.2) is 0 Å². The van der Waals surface area contributed by atoms with Crippen LogP contribution in [-0.2, 0) is 9.53 Å². The zero-order chi connectivity index (χ0) is 11.5. The Morgan fingerprint density at radius 1 is 1.56 bits per heavy atom. The molecular formula is C11H13N3O2. The van der Waals surface area contributed by atoms with Gasteiger partial charge in [0.2, 0.25) is 0 Å². The van der Waals surface area contributed by atoms with Crippen molar-refractivity contribution in [2.75, 3.05) is 0 Å². The van der Waals surface area contributed by atoms with Crippen molar-refractivity contribution in [3.63, 3.8) is 0 Å². The van der Waals surface area contributed by atoms with Gasteiger partial charge in [0, 0.05) is 0 Å². The summed E-state index contributed by atoms with van der Waals surface area (Å²) in [6.07, 6.45) is 1.28. The molecule has 0 saturated carbocycles. The number of H-pyrrole nitrogens is 1. The number of imidazole rings is 1. The van der Waals surface area contributed by atoms with Crippen LogP contribution in [0.1, 0.15) is 18.5 Å². The first kappa shape index (κ1) is 10.6. The van der Waals surface area contributed by atoms with Gasteiger partial charge in [-0.1, -0.05) is 6.07 Å². The van der Waals surface area contributed by atoms with Crippen molar-refractivity contribution in [3.05, 3.63) is 30.1 Å². The molecule has 16 heavy (non-hydrogen) atoms. The normalized spacial score (nSPS) is 14.6. The second kappa shape index (κ2) is 4.32. The van der Waals surface area contributed by atoms with Crippen molar-refractivity contribution < 1.29 is 9.53 Å². The van der Waals surface area contributed by atoms with E-state index in [0.717, 1.165) is 16.6 Å². The Labute approximate surface area is 92.6 Å². The van der Waals surface area contributed by atoms with Crippen molar-refractivity contribution >= 4 is 17.5 Å². The maximum Gasteiger partial charge on any atom is 0.293 e. The third kappa shape index (κ3) is 1.90. The highest BCUT2D eigenvalue weighted by atomic mass is 16.5. The summed E-state index contributed by atoms with van der Waals surface area (Å²) < 4.78 is 4.82. The number of hydrogen-bond acceptors (Lipinski definition) is 4. The Kier molecular flexibility index (Phi) is 2.87. The predicted octanol–water partition coefficient (Wildman–Crippen LogP) is 1.12. The lowest BCUT2D eigenvalue weighted by Crippen LogP contribution is -2.25. The molecule has 2 rings (SSSR count). The van der Waals surface area contributed by atoms with Crippen LogP contribution in [0.3, 0.4) is 0 Å². The number of carbonyl (C=O) groups is 1. The van der Waals surface area contributed by atoms with E-state index in [1.165, 1.54) is 0 Å². The lowest BCUT2D eigenvalue weighted by molar-refractivity contribution is -0.133. The van der Waals surface area contributed by atoms with Gasteiger partial charge in [0.05, 0.1) is 23.4 Å². The first-order valence-electron chi connectivity index (χ1n) is 5.00. The summed E-state index contributed by atoms with van der Waals surface area (Å²) in [5, 5.41) is 0. The third-order valence-corrected chi connectivity index (χ3v) is 2.61. The molecule has 2 unspecified atom stereocenters. The van der Waals surface area contributed by atoms with Gasteiger partial charge in [-0.05, 0) is 24.6 Å². The number of fused-ring (bicyclic) bond motifs is 1. The fraction of sp³-hybridized carbons (Fsp3) is 0.273. The first-order chi connectivity index (χ1) is 7.72. The van der Waals surface area contributed by atoms with E-state index >= 15 is 0 Å². The molecule has 5 heteroatoms. The van der Waals surface area contributed by atoms with Gasteiger partial charge >= 0.3 is 0 Å². The maximum atomic E-state index is 10.2. The summed E-state index contributed by atoms with van der Waals surface area (Å²) in [6, 6.07) is 5.35. The zero-order valence-electron chi connectivity index (χ0n) is 8.88. The number of nitrogens with two attached hydrogens (primary N) is 1. The third-order valence-electron chi connectivity index (χ3n) is 2.61. The van der Waals surface area contributed by atoms with Crippen molar-refractivity contribution in [1.82, 2.24) is 9.97 Å². The number of aromatic amines is 1. The summed E-state index contributed by atoms with van der Waals surface area (Å²) in [4.78, 5) is 17.4. The van der Waals surface area contributed by atoms with E-state index in [9.17, 15) is 4.79 Å². The quantitative estimate of drug-likeness (QED) is 0.755. The van der Waals surface area contributed by atoms with Gasteiger partial charge in [-0.3, -0.25) is 4.79 Å². The summed E-state index contributed by atoms with van der Waals surface area (Å²) in [5.74, 6) is 0. The Bertz CT molecular complexity index is 495. The second-order valence-corrected chi connectivity index (χ2v) is 3.64. The SMILES string of the molecule is CC(OC=O)C(N)c1ccc2nc[nH]c2c1. The van der Waals surface area contributed by atoms with Gasteiger partial charge in [0.25, 0.3) is 6.47 Å². The van der Waals surface area contributed by atoms with E-state index in [1.54, 1.807) is 13.3 Å². The molecular weight excluding hydrogens is 206 g/mol. The van der Waals surface area contributed by atoms with Gasteiger partial charge in [0.1, 0.15) is 6.10 Å². The van der Waals surface area contributed by atoms with E-state index < -0.39 is 0 Å². The van der Waals surface area contributed by atoms with Crippen LogP contribution in [0.15, 0.2) is 24.5 Å². The molecule has 0 saturated heterocycles. The molecule has 84 valence electrons. The molecule has 1 aromatic heterocycles. The van der Waals surface area contributed by atoms with Gasteiger partial charge in [-0.2, -0.15) is 0 Å². The molecule has 0 radical (unpaired) electrons. The smallest absolute Gasteiger partial charge is 0.293 e. The van der Waals surface area contributed by atoms with E-state index in [-0.39, 0.29) is 12.1 Å². The van der Waals surface area contributed by atoms with Crippen molar-refractivity contribution in [2.24, 2.45) is 5.73 Å². The number of nitrogens with one attached hydrogen (secondary N) is 1. The van der Waals surface area contributed by atoms with Gasteiger partial charge < -0.3 is 15.5 Å². The lowest BCUT2D eigenvalue weighted by Gasteiger charge is -2.18. The Morgan fingerprint density at radius 2 is 2.38 bits per heavy atom. The summed E-state index contributed by atoms with van der Waals surface area (Å²) in [6.45, 7) is 2.18. The predicted molar refractivity (Wildman–Crippen MR) is 59.6 cm³/mol. The topological polar surface area (TPSA) is 81.0 Å². The molecule has 0 aliphatic carbocycles. The molecule has 0 aliphatic rings. The average Bonchev–Trinajstić information content (AvgIpc) is 2.75. The molecule has 0 fully saturated rings. The molecule has 2 aromatic rings. The second-order valence-electron chi connectivity index (χ2n) is 3.64. The van der Waals surface area contributed by atoms with Crippen molar-refractivity contribution in [3.8, 4) is 0 Å². The molecule has 1 heterocycles. The largest absolute Gasteiger partial charge is 0.463 e. The van der Waals surface area contributed by atoms with Crippen LogP contribution >= 0.6 is 0 Å². The van der Waals surface area contributed by atoms with Crippen LogP contribution in [0, 0.1) is 0 Å². The van der Waals surface area contributed by atoms with Gasteiger partial charge in [-0.25, -0.2) is 4.98 Å².